The van der Waals surface area contributed by atoms with Crippen molar-refractivity contribution in [2.45, 2.75) is 31.8 Å². The van der Waals surface area contributed by atoms with E-state index in [2.05, 4.69) is 32.0 Å². The Morgan fingerprint density at radius 3 is 2.77 bits per heavy atom. The van der Waals surface area contributed by atoms with Crippen molar-refractivity contribution in [3.63, 3.8) is 0 Å². The highest BCUT2D eigenvalue weighted by Crippen LogP contribution is 2.32. The highest BCUT2D eigenvalue weighted by molar-refractivity contribution is 9.10. The quantitative estimate of drug-likeness (QED) is 0.605. The van der Waals surface area contributed by atoms with Crippen LogP contribution in [0.3, 0.4) is 0 Å². The summed E-state index contributed by atoms with van der Waals surface area (Å²) in [6, 6.07) is 14.8. The van der Waals surface area contributed by atoms with Gasteiger partial charge in [0.05, 0.1) is 39.8 Å². The van der Waals surface area contributed by atoms with Gasteiger partial charge in [-0.2, -0.15) is 10.5 Å². The highest BCUT2D eigenvalue weighted by atomic mass is 79.9. The fourth-order valence-electron chi connectivity index (χ4n) is 4.03. The lowest BCUT2D eigenvalue weighted by Gasteiger charge is -2.31. The average molecular weight is 475 g/mol. The molecule has 1 aliphatic carbocycles. The lowest BCUT2D eigenvalue weighted by Crippen LogP contribution is -2.41. The number of nitrogen functional groups attached to an aromatic ring is 1. The maximum atomic E-state index is 13.6. The zero-order valence-corrected chi connectivity index (χ0v) is 18.2. The van der Waals surface area contributed by atoms with Crippen LogP contribution in [0.1, 0.15) is 40.9 Å². The first-order valence-electron chi connectivity index (χ1n) is 9.91. The number of nitrogens with zero attached hydrogens (tertiary/aromatic N) is 5. The largest absolute Gasteiger partial charge is 0.383 e. The van der Waals surface area contributed by atoms with Crippen molar-refractivity contribution >= 4 is 38.6 Å². The number of amides is 1. The van der Waals surface area contributed by atoms with Crippen LogP contribution in [0.25, 0.3) is 10.9 Å². The van der Waals surface area contributed by atoms with E-state index in [0.717, 1.165) is 24.6 Å². The van der Waals surface area contributed by atoms with Gasteiger partial charge in [0.2, 0.25) is 0 Å². The third-order valence-corrected chi connectivity index (χ3v) is 6.27. The molecule has 3 aromatic rings. The summed E-state index contributed by atoms with van der Waals surface area (Å²) in [5.74, 6) is 0.0227. The SMILES string of the molecule is N#Cc1ccc(CN(C(=O)c2ccc3nc(N)c(Br)cc3c2)[C@@H]2CCC[C@H]2C#N)nc1. The molecule has 2 heterocycles. The van der Waals surface area contributed by atoms with E-state index in [0.29, 0.717) is 32.6 Å². The molecule has 2 aromatic heterocycles. The third kappa shape index (κ3) is 4.21. The number of halogens is 1. The van der Waals surface area contributed by atoms with Crippen molar-refractivity contribution in [1.29, 1.82) is 10.5 Å². The molecule has 8 heteroatoms. The number of pyridine rings is 2. The fraction of sp³-hybridized carbons (Fsp3) is 0.261. The van der Waals surface area contributed by atoms with Crippen LogP contribution in [0.2, 0.25) is 0 Å². The van der Waals surface area contributed by atoms with Crippen LogP contribution in [-0.2, 0) is 6.54 Å². The molecule has 0 radical (unpaired) electrons. The number of nitriles is 2. The molecule has 0 spiro atoms. The maximum absolute atomic E-state index is 13.6. The molecule has 1 aliphatic rings. The summed E-state index contributed by atoms with van der Waals surface area (Å²) in [5, 5.41) is 19.4. The molecule has 1 amide bonds. The predicted molar refractivity (Wildman–Crippen MR) is 119 cm³/mol. The fourth-order valence-corrected chi connectivity index (χ4v) is 4.36. The molecule has 7 nitrogen and oxygen atoms in total. The van der Waals surface area contributed by atoms with E-state index in [1.165, 1.54) is 6.20 Å². The van der Waals surface area contributed by atoms with E-state index in [1.807, 2.05) is 12.1 Å². The summed E-state index contributed by atoms with van der Waals surface area (Å²) in [5.41, 5.74) is 8.22. The maximum Gasteiger partial charge on any atom is 0.254 e. The van der Waals surface area contributed by atoms with Crippen LogP contribution in [0.5, 0.6) is 0 Å². The standard InChI is InChI=1S/C23H19BrN6O/c24-19-9-17-8-15(5-7-20(17)29-22(19)27)23(31)30(21-3-1-2-16(21)11-26)13-18-6-4-14(10-25)12-28-18/h4-9,12,16,21H,1-3,13H2,(H2,27,29)/t16-,21+/m0/s1. The van der Waals surface area contributed by atoms with Crippen molar-refractivity contribution < 1.29 is 4.79 Å². The van der Waals surface area contributed by atoms with Crippen molar-refractivity contribution in [3.05, 3.63) is 63.9 Å². The van der Waals surface area contributed by atoms with E-state index in [-0.39, 0.29) is 24.4 Å². The second-order valence-corrected chi connectivity index (χ2v) is 8.43. The first-order valence-corrected chi connectivity index (χ1v) is 10.7. The predicted octanol–water partition coefficient (Wildman–Crippen LogP) is 4.18. The molecule has 1 saturated carbocycles. The van der Waals surface area contributed by atoms with E-state index < -0.39 is 0 Å². The molecule has 154 valence electrons. The topological polar surface area (TPSA) is 120 Å². The molecule has 0 aliphatic heterocycles. The van der Waals surface area contributed by atoms with E-state index >= 15 is 0 Å². The number of hydrogen-bond donors (Lipinski definition) is 1. The molecule has 0 bridgehead atoms. The molecular weight excluding hydrogens is 456 g/mol. The number of anilines is 1. The van der Waals surface area contributed by atoms with Crippen molar-refractivity contribution in [3.8, 4) is 12.1 Å². The number of carbonyl (C=O) groups excluding carboxylic acids is 1. The second-order valence-electron chi connectivity index (χ2n) is 7.58. The molecule has 1 aromatic carbocycles. The molecule has 4 rings (SSSR count). The molecule has 0 unspecified atom stereocenters. The number of aromatic nitrogens is 2. The summed E-state index contributed by atoms with van der Waals surface area (Å²) < 4.78 is 0.670. The minimum absolute atomic E-state index is 0.159. The van der Waals surface area contributed by atoms with E-state index in [1.54, 1.807) is 35.2 Å². The number of nitrogens with two attached hydrogens (primary N) is 1. The Bertz CT molecular complexity index is 1230. The third-order valence-electron chi connectivity index (χ3n) is 5.63. The zero-order valence-electron chi connectivity index (χ0n) is 16.6. The summed E-state index contributed by atoms with van der Waals surface area (Å²) >= 11 is 3.38. The van der Waals surface area contributed by atoms with Crippen molar-refractivity contribution in [2.24, 2.45) is 5.92 Å². The summed E-state index contributed by atoms with van der Waals surface area (Å²) in [7, 11) is 0. The first kappa shape index (κ1) is 20.8. The minimum atomic E-state index is -0.210. The van der Waals surface area contributed by atoms with E-state index in [4.69, 9.17) is 11.0 Å². The number of benzene rings is 1. The number of fused-ring (bicyclic) bond motifs is 1. The van der Waals surface area contributed by atoms with Crippen LogP contribution < -0.4 is 5.73 Å². The van der Waals surface area contributed by atoms with Crippen molar-refractivity contribution in [2.75, 3.05) is 5.73 Å². The van der Waals surface area contributed by atoms with Gasteiger partial charge in [-0.15, -0.1) is 0 Å². The molecular formula is C23H19BrN6O. The average Bonchev–Trinajstić information content (AvgIpc) is 3.26. The van der Waals surface area contributed by atoms with Gasteiger partial charge >= 0.3 is 0 Å². The normalized spacial score (nSPS) is 17.8. The molecule has 2 atom stereocenters. The van der Waals surface area contributed by atoms with Crippen LogP contribution in [-0.4, -0.2) is 26.8 Å². The van der Waals surface area contributed by atoms with Gasteiger partial charge in [-0.25, -0.2) is 4.98 Å². The monoisotopic (exact) mass is 474 g/mol. The minimum Gasteiger partial charge on any atom is -0.383 e. The van der Waals surface area contributed by atoms with Gasteiger partial charge in [-0.05, 0) is 71.6 Å². The van der Waals surface area contributed by atoms with Crippen molar-refractivity contribution in [1.82, 2.24) is 14.9 Å². The van der Waals surface area contributed by atoms with Gasteiger partial charge in [0.1, 0.15) is 11.9 Å². The van der Waals surface area contributed by atoms with Gasteiger partial charge in [-0.1, -0.05) is 0 Å². The van der Waals surface area contributed by atoms with Gasteiger partial charge < -0.3 is 10.6 Å². The van der Waals surface area contributed by atoms with Gasteiger partial charge in [0.25, 0.3) is 5.91 Å². The lowest BCUT2D eigenvalue weighted by molar-refractivity contribution is 0.0636. The Balaban J connectivity index is 1.70. The Kier molecular flexibility index (Phi) is 5.83. The first-order chi connectivity index (χ1) is 15.0. The zero-order chi connectivity index (χ0) is 22.0. The smallest absolute Gasteiger partial charge is 0.254 e. The van der Waals surface area contributed by atoms with Gasteiger partial charge in [0, 0.05) is 23.2 Å². The molecule has 1 fully saturated rings. The Morgan fingerprint density at radius 2 is 2.06 bits per heavy atom. The molecule has 0 saturated heterocycles. The van der Waals surface area contributed by atoms with Crippen LogP contribution >= 0.6 is 15.9 Å². The number of carbonyl (C=O) groups is 1. The highest BCUT2D eigenvalue weighted by Gasteiger charge is 2.35. The van der Waals surface area contributed by atoms with Crippen LogP contribution in [0.15, 0.2) is 47.1 Å². The Hall–Kier alpha value is -3.49. The Morgan fingerprint density at radius 1 is 1.23 bits per heavy atom. The van der Waals surface area contributed by atoms with Crippen LogP contribution in [0, 0.1) is 28.6 Å². The Labute approximate surface area is 188 Å². The lowest BCUT2D eigenvalue weighted by atomic mass is 10.0. The number of rotatable bonds is 4. The van der Waals surface area contributed by atoms with Gasteiger partial charge in [0.15, 0.2) is 0 Å². The van der Waals surface area contributed by atoms with Gasteiger partial charge in [-0.3, -0.25) is 9.78 Å². The summed E-state index contributed by atoms with van der Waals surface area (Å²) in [6.07, 6.45) is 3.95. The summed E-state index contributed by atoms with van der Waals surface area (Å²) in [6.45, 7) is 0.273. The molecule has 31 heavy (non-hydrogen) atoms. The summed E-state index contributed by atoms with van der Waals surface area (Å²) in [4.78, 5) is 24.0. The second kappa shape index (κ2) is 8.71. The van der Waals surface area contributed by atoms with E-state index in [9.17, 15) is 10.1 Å². The number of hydrogen-bond acceptors (Lipinski definition) is 6. The van der Waals surface area contributed by atoms with Crippen LogP contribution in [0.4, 0.5) is 5.82 Å². The molecule has 2 N–H and O–H groups in total.